The van der Waals surface area contributed by atoms with Gasteiger partial charge in [0, 0.05) is 55.2 Å². The normalized spacial score (nSPS) is 34.5. The third kappa shape index (κ3) is 4.24. The zero-order valence-electron chi connectivity index (χ0n) is 26.6. The van der Waals surface area contributed by atoms with Crippen LogP contribution in [-0.4, -0.2) is 117 Å². The van der Waals surface area contributed by atoms with E-state index in [-0.39, 0.29) is 24.8 Å². The van der Waals surface area contributed by atoms with Crippen molar-refractivity contribution in [2.75, 3.05) is 52.9 Å². The molecule has 4 heterocycles. The molecule has 1 aliphatic carbocycles. The van der Waals surface area contributed by atoms with E-state index in [1.54, 1.807) is 7.11 Å². The van der Waals surface area contributed by atoms with Crippen LogP contribution < -0.4 is 9.64 Å². The van der Waals surface area contributed by atoms with Crippen molar-refractivity contribution in [3.8, 4) is 5.75 Å². The van der Waals surface area contributed by atoms with Gasteiger partial charge in [0.25, 0.3) is 0 Å². The molecule has 7 atom stereocenters. The first kappa shape index (κ1) is 31.3. The maximum Gasteiger partial charge on any atom is 0.344 e. The highest BCUT2D eigenvalue weighted by atomic mass is 16.6. The zero-order valence-corrected chi connectivity index (χ0v) is 26.6. The first-order valence-electron chi connectivity index (χ1n) is 15.8. The van der Waals surface area contributed by atoms with Gasteiger partial charge in [-0.05, 0) is 43.9 Å². The van der Waals surface area contributed by atoms with Gasteiger partial charge in [-0.25, -0.2) is 9.59 Å². The molecule has 0 unspecified atom stereocenters. The molecule has 1 saturated carbocycles. The van der Waals surface area contributed by atoms with Crippen LogP contribution >= 0.6 is 0 Å². The van der Waals surface area contributed by atoms with Crippen LogP contribution in [0.2, 0.25) is 0 Å². The molecule has 12 heteroatoms. The van der Waals surface area contributed by atoms with E-state index in [0.717, 1.165) is 17.8 Å². The minimum Gasteiger partial charge on any atom is -0.497 e. The van der Waals surface area contributed by atoms with Crippen LogP contribution in [0.4, 0.5) is 5.69 Å². The third-order valence-corrected chi connectivity index (χ3v) is 11.2. The van der Waals surface area contributed by atoms with Crippen LogP contribution in [0.15, 0.2) is 30.4 Å². The van der Waals surface area contributed by atoms with Crippen LogP contribution in [0.25, 0.3) is 0 Å². The Labute approximate surface area is 263 Å². The number of anilines is 1. The summed E-state index contributed by atoms with van der Waals surface area (Å²) in [5.74, 6) is -1.78. The second-order valence-corrected chi connectivity index (χ2v) is 12.9. The summed E-state index contributed by atoms with van der Waals surface area (Å²) in [6.07, 6.45) is 4.59. The largest absolute Gasteiger partial charge is 0.497 e. The van der Waals surface area contributed by atoms with Crippen LogP contribution in [0.3, 0.4) is 0 Å². The quantitative estimate of drug-likeness (QED) is 0.256. The van der Waals surface area contributed by atoms with Crippen LogP contribution in [0.5, 0.6) is 5.75 Å². The fourth-order valence-corrected chi connectivity index (χ4v) is 9.50. The van der Waals surface area contributed by atoms with Crippen LogP contribution in [0.1, 0.15) is 51.0 Å². The van der Waals surface area contributed by atoms with Gasteiger partial charge in [0.1, 0.15) is 11.8 Å². The van der Waals surface area contributed by atoms with Crippen molar-refractivity contribution in [3.63, 3.8) is 0 Å². The Kier molecular flexibility index (Phi) is 7.88. The number of esters is 3. The molecule has 45 heavy (non-hydrogen) atoms. The predicted molar refractivity (Wildman–Crippen MR) is 162 cm³/mol. The average molecular weight is 626 g/mol. The first-order chi connectivity index (χ1) is 21.5. The van der Waals surface area contributed by atoms with Gasteiger partial charge in [-0.2, -0.15) is 0 Å². The molecule has 0 aromatic heterocycles. The van der Waals surface area contributed by atoms with E-state index in [1.165, 1.54) is 19.1 Å². The highest BCUT2D eigenvalue weighted by molar-refractivity contribution is 5.89. The Morgan fingerprint density at radius 1 is 1.04 bits per heavy atom. The number of hydrogen-bond acceptors (Lipinski definition) is 11. The predicted octanol–water partition coefficient (Wildman–Crippen LogP) is 1.57. The number of methoxy groups -OCH3 is 3. The summed E-state index contributed by atoms with van der Waals surface area (Å²) in [5, 5.41) is 12.9. The number of fused-ring (bicyclic) bond motifs is 1. The fourth-order valence-electron chi connectivity index (χ4n) is 9.50. The molecule has 1 aromatic carbocycles. The fraction of sp³-hybridized carbons (Fsp3) is 0.636. The summed E-state index contributed by atoms with van der Waals surface area (Å²) in [5.41, 5.74) is -2.03. The summed E-state index contributed by atoms with van der Waals surface area (Å²) < 4.78 is 22.0. The zero-order chi connectivity index (χ0) is 32.3. The van der Waals surface area contributed by atoms with Gasteiger partial charge >= 0.3 is 17.9 Å². The topological polar surface area (TPSA) is 135 Å². The Morgan fingerprint density at radius 2 is 1.82 bits per heavy atom. The second-order valence-electron chi connectivity index (χ2n) is 12.9. The van der Waals surface area contributed by atoms with E-state index in [9.17, 15) is 24.3 Å². The van der Waals surface area contributed by atoms with E-state index >= 15 is 0 Å². The number of amides is 1. The Hall–Kier alpha value is -3.64. The molecule has 5 aliphatic rings. The molecule has 4 aliphatic heterocycles. The van der Waals surface area contributed by atoms with E-state index in [2.05, 4.69) is 4.90 Å². The number of hydrogen-bond donors (Lipinski definition) is 1. The molecule has 1 amide bonds. The standard InChI is InChI=1S/C33H43N3O9/c1-6-31-14-8-16-35-18-15-32(27(31)35)21-11-10-20(42-3)19-23(21)34(2)28(32)33(41,30(40)44-5)29(31)45-25(38)13-12-24(37)36-17-7-9-22(36)26(39)43-4/h8,10-11,14,19,22,27-29,41H,6-7,9,12-13,15-18H2,1-5H3/t22-,27-,28+,29+,31+,32+,33-/m0/s1. The average Bonchev–Trinajstić information content (AvgIpc) is 3.77. The number of likely N-dealkylation sites (tertiary alicyclic amines) is 1. The van der Waals surface area contributed by atoms with Gasteiger partial charge in [0.05, 0.1) is 33.8 Å². The first-order valence-corrected chi connectivity index (χ1v) is 15.8. The van der Waals surface area contributed by atoms with Gasteiger partial charge in [-0.3, -0.25) is 14.5 Å². The molecular formula is C33H43N3O9. The third-order valence-electron chi connectivity index (χ3n) is 11.2. The van der Waals surface area contributed by atoms with Crippen molar-refractivity contribution < 1.29 is 43.2 Å². The van der Waals surface area contributed by atoms with Crippen LogP contribution in [-0.2, 0) is 38.8 Å². The molecular weight excluding hydrogens is 582 g/mol. The molecule has 12 nitrogen and oxygen atoms in total. The van der Waals surface area contributed by atoms with E-state index < -0.39 is 52.5 Å². The second kappa shape index (κ2) is 11.3. The molecule has 2 saturated heterocycles. The van der Waals surface area contributed by atoms with Gasteiger partial charge in [0.2, 0.25) is 11.5 Å². The smallest absolute Gasteiger partial charge is 0.344 e. The van der Waals surface area contributed by atoms with Gasteiger partial charge in [-0.15, -0.1) is 0 Å². The lowest BCUT2D eigenvalue weighted by atomic mass is 9.47. The van der Waals surface area contributed by atoms with Crippen molar-refractivity contribution in [1.29, 1.82) is 0 Å². The monoisotopic (exact) mass is 625 g/mol. The van der Waals surface area contributed by atoms with Gasteiger partial charge in [-0.1, -0.05) is 25.1 Å². The van der Waals surface area contributed by atoms with Gasteiger partial charge < -0.3 is 33.9 Å². The lowest BCUT2D eigenvalue weighted by Gasteiger charge is -2.63. The summed E-state index contributed by atoms with van der Waals surface area (Å²) in [4.78, 5) is 58.7. The molecule has 1 spiro atoms. The van der Waals surface area contributed by atoms with Crippen LogP contribution in [0, 0.1) is 5.41 Å². The minimum absolute atomic E-state index is 0.182. The summed E-state index contributed by atoms with van der Waals surface area (Å²) in [6.45, 7) is 3.81. The number of aliphatic hydroxyl groups is 1. The minimum atomic E-state index is -2.26. The number of nitrogens with zero attached hydrogens (tertiary/aromatic N) is 3. The highest BCUT2D eigenvalue weighted by Gasteiger charge is 2.80. The number of ether oxygens (including phenoxy) is 4. The van der Waals surface area contributed by atoms with Crippen molar-refractivity contribution in [3.05, 3.63) is 35.9 Å². The highest BCUT2D eigenvalue weighted by Crippen LogP contribution is 2.67. The lowest BCUT2D eigenvalue weighted by molar-refractivity contribution is -0.229. The summed E-state index contributed by atoms with van der Waals surface area (Å²) >= 11 is 0. The van der Waals surface area contributed by atoms with E-state index in [1.807, 2.05) is 49.2 Å². The van der Waals surface area contributed by atoms with Crippen molar-refractivity contribution in [2.45, 2.75) is 80.7 Å². The molecule has 3 fully saturated rings. The maximum absolute atomic E-state index is 14.0. The Balaban J connectivity index is 1.39. The molecule has 244 valence electrons. The number of rotatable bonds is 8. The molecule has 1 N–H and O–H groups in total. The molecule has 6 rings (SSSR count). The summed E-state index contributed by atoms with van der Waals surface area (Å²) in [7, 11) is 5.95. The number of benzene rings is 1. The van der Waals surface area contributed by atoms with E-state index in [4.69, 9.17) is 18.9 Å². The Morgan fingerprint density at radius 3 is 2.51 bits per heavy atom. The molecule has 0 radical (unpaired) electrons. The molecule has 0 bridgehead atoms. The lowest BCUT2D eigenvalue weighted by Crippen LogP contribution is -2.81. The summed E-state index contributed by atoms with van der Waals surface area (Å²) in [6, 6.07) is 4.17. The SMILES string of the molecule is CC[C@]12C=CCN3CC[C@@]4(c5ccc(OC)cc5N(C)[C@H]4[C@@](O)(C(=O)OC)[C@@H]1OC(=O)CCC(=O)N1CCC[C@H]1C(=O)OC)[C@@H]32. The maximum atomic E-state index is 14.0. The number of carbonyl (C=O) groups is 4. The number of likely N-dealkylation sites (N-methyl/N-ethyl adjacent to an activating group) is 1. The number of carbonyl (C=O) groups excluding carboxylic acids is 4. The van der Waals surface area contributed by atoms with Crippen molar-refractivity contribution >= 4 is 29.5 Å². The molecule has 1 aromatic rings. The van der Waals surface area contributed by atoms with E-state index in [0.29, 0.717) is 44.5 Å². The van der Waals surface area contributed by atoms with Crippen molar-refractivity contribution in [2.24, 2.45) is 5.41 Å². The Bertz CT molecular complexity index is 1430. The van der Waals surface area contributed by atoms with Gasteiger partial charge in [0.15, 0.2) is 6.10 Å². The van der Waals surface area contributed by atoms with Crippen molar-refractivity contribution in [1.82, 2.24) is 9.80 Å².